The zero-order chi connectivity index (χ0) is 18.5. The molecule has 1 fully saturated rings. The fraction of sp³-hybridized carbons (Fsp3) is 0.238. The molecule has 2 aromatic carbocycles. The van der Waals surface area contributed by atoms with E-state index in [4.69, 9.17) is 6.42 Å². The molecule has 1 aliphatic rings. The molecule has 2 aromatic rings. The maximum absolute atomic E-state index is 12.9. The monoisotopic (exact) mass is 347 g/mol. The third kappa shape index (κ3) is 3.93. The van der Waals surface area contributed by atoms with Crippen LogP contribution in [-0.2, 0) is 0 Å². The van der Waals surface area contributed by atoms with Crippen molar-refractivity contribution in [2.75, 3.05) is 38.5 Å². The van der Waals surface area contributed by atoms with E-state index in [0.717, 1.165) is 13.1 Å². The number of hydrogen-bond donors (Lipinski definition) is 1. The van der Waals surface area contributed by atoms with E-state index in [1.807, 2.05) is 7.05 Å². The number of likely N-dealkylation sites (N-methyl/N-ethyl adjacent to an activating group) is 1. The summed E-state index contributed by atoms with van der Waals surface area (Å²) < 4.78 is 0. The first kappa shape index (κ1) is 17.7. The molecule has 1 N–H and O–H groups in total. The lowest BCUT2D eigenvalue weighted by Crippen LogP contribution is -2.47. The molecular formula is C21H21N3O2. The number of rotatable bonds is 3. The van der Waals surface area contributed by atoms with Gasteiger partial charge in [0, 0.05) is 37.4 Å². The maximum atomic E-state index is 12.9. The van der Waals surface area contributed by atoms with Crippen LogP contribution in [0.5, 0.6) is 0 Å². The number of amides is 2. The van der Waals surface area contributed by atoms with Crippen molar-refractivity contribution in [2.24, 2.45) is 0 Å². The summed E-state index contributed by atoms with van der Waals surface area (Å²) >= 11 is 0. The number of hydrogen-bond acceptors (Lipinski definition) is 3. The van der Waals surface area contributed by atoms with E-state index >= 15 is 0 Å². The Morgan fingerprint density at radius 3 is 2.38 bits per heavy atom. The molecule has 0 spiro atoms. The molecule has 1 saturated heterocycles. The van der Waals surface area contributed by atoms with E-state index in [0.29, 0.717) is 35.5 Å². The highest BCUT2D eigenvalue weighted by molar-refractivity contribution is 6.12. The highest BCUT2D eigenvalue weighted by Crippen LogP contribution is 2.17. The van der Waals surface area contributed by atoms with Crippen molar-refractivity contribution >= 4 is 17.5 Å². The minimum atomic E-state index is -0.322. The summed E-state index contributed by atoms with van der Waals surface area (Å²) in [4.78, 5) is 29.6. The first-order valence-electron chi connectivity index (χ1n) is 8.53. The van der Waals surface area contributed by atoms with Gasteiger partial charge in [-0.05, 0) is 37.4 Å². The van der Waals surface area contributed by atoms with Crippen LogP contribution in [0.2, 0.25) is 0 Å². The van der Waals surface area contributed by atoms with E-state index < -0.39 is 0 Å². The molecule has 132 valence electrons. The van der Waals surface area contributed by atoms with Crippen molar-refractivity contribution in [3.8, 4) is 12.3 Å². The summed E-state index contributed by atoms with van der Waals surface area (Å²) in [5.74, 6) is 2.11. The van der Waals surface area contributed by atoms with Crippen LogP contribution in [0.4, 0.5) is 5.69 Å². The molecule has 1 aliphatic heterocycles. The Kier molecular flexibility index (Phi) is 5.35. The van der Waals surface area contributed by atoms with Crippen LogP contribution in [0, 0.1) is 12.3 Å². The summed E-state index contributed by atoms with van der Waals surface area (Å²) in [5.41, 5.74) is 2.07. The van der Waals surface area contributed by atoms with E-state index in [2.05, 4.69) is 16.1 Å². The Labute approximate surface area is 153 Å². The van der Waals surface area contributed by atoms with Gasteiger partial charge in [-0.2, -0.15) is 0 Å². The maximum Gasteiger partial charge on any atom is 0.256 e. The summed E-state index contributed by atoms with van der Waals surface area (Å²) in [6.45, 7) is 2.99. The molecule has 0 atom stereocenters. The zero-order valence-corrected chi connectivity index (χ0v) is 14.7. The Balaban J connectivity index is 1.81. The number of benzene rings is 2. The third-order valence-electron chi connectivity index (χ3n) is 4.48. The van der Waals surface area contributed by atoms with Gasteiger partial charge in [-0.1, -0.05) is 24.1 Å². The number of carbonyl (C=O) groups excluding carboxylic acids is 2. The Bertz CT molecular complexity index is 862. The first-order chi connectivity index (χ1) is 12.6. The smallest absolute Gasteiger partial charge is 0.256 e. The zero-order valence-electron chi connectivity index (χ0n) is 14.7. The van der Waals surface area contributed by atoms with Crippen molar-refractivity contribution in [1.82, 2.24) is 9.80 Å². The van der Waals surface area contributed by atoms with Crippen LogP contribution < -0.4 is 5.32 Å². The molecule has 0 bridgehead atoms. The lowest BCUT2D eigenvalue weighted by molar-refractivity contribution is 0.0660. The lowest BCUT2D eigenvalue weighted by atomic mass is 10.0. The standard InChI is InChI=1S/C21H21N3O2/c1-3-16-7-6-8-17(15-16)22-20(25)18-9-4-5-10-19(18)21(26)24-13-11-23(2)12-14-24/h1,4-10,15H,11-14H2,2H3,(H,22,25). The average molecular weight is 347 g/mol. The highest BCUT2D eigenvalue weighted by atomic mass is 16.2. The summed E-state index contributed by atoms with van der Waals surface area (Å²) in [6, 6.07) is 14.0. The van der Waals surface area contributed by atoms with Crippen molar-refractivity contribution in [2.45, 2.75) is 0 Å². The van der Waals surface area contributed by atoms with Gasteiger partial charge in [-0.15, -0.1) is 6.42 Å². The Morgan fingerprint density at radius 2 is 1.69 bits per heavy atom. The van der Waals surface area contributed by atoms with Crippen LogP contribution in [0.1, 0.15) is 26.3 Å². The predicted octanol–water partition coefficient (Wildman–Crippen LogP) is 2.31. The van der Waals surface area contributed by atoms with E-state index in [1.54, 1.807) is 53.4 Å². The van der Waals surface area contributed by atoms with Gasteiger partial charge < -0.3 is 15.1 Å². The molecular weight excluding hydrogens is 326 g/mol. The first-order valence-corrected chi connectivity index (χ1v) is 8.53. The molecule has 0 aromatic heterocycles. The molecule has 0 radical (unpaired) electrons. The Hall–Kier alpha value is -3.10. The van der Waals surface area contributed by atoms with E-state index in [1.165, 1.54) is 0 Å². The molecule has 0 saturated carbocycles. The number of nitrogens with zero attached hydrogens (tertiary/aromatic N) is 2. The van der Waals surface area contributed by atoms with Crippen molar-refractivity contribution in [3.05, 3.63) is 65.2 Å². The van der Waals surface area contributed by atoms with Crippen LogP contribution in [0.3, 0.4) is 0 Å². The van der Waals surface area contributed by atoms with Crippen molar-refractivity contribution < 1.29 is 9.59 Å². The molecule has 5 heteroatoms. The summed E-state index contributed by atoms with van der Waals surface area (Å²) in [5, 5.41) is 2.82. The Morgan fingerprint density at radius 1 is 1.00 bits per heavy atom. The second-order valence-electron chi connectivity index (χ2n) is 6.32. The van der Waals surface area contributed by atoms with Gasteiger partial charge in [-0.3, -0.25) is 9.59 Å². The van der Waals surface area contributed by atoms with Crippen LogP contribution in [-0.4, -0.2) is 54.8 Å². The van der Waals surface area contributed by atoms with Gasteiger partial charge in [0.25, 0.3) is 11.8 Å². The second-order valence-corrected chi connectivity index (χ2v) is 6.32. The molecule has 0 aliphatic carbocycles. The minimum Gasteiger partial charge on any atom is -0.336 e. The van der Waals surface area contributed by atoms with Crippen LogP contribution in [0.15, 0.2) is 48.5 Å². The molecule has 5 nitrogen and oxygen atoms in total. The number of carbonyl (C=O) groups is 2. The quantitative estimate of drug-likeness (QED) is 0.867. The van der Waals surface area contributed by atoms with Crippen molar-refractivity contribution in [1.29, 1.82) is 0 Å². The van der Waals surface area contributed by atoms with Crippen LogP contribution in [0.25, 0.3) is 0 Å². The number of terminal acetylenes is 1. The highest BCUT2D eigenvalue weighted by Gasteiger charge is 2.24. The second kappa shape index (κ2) is 7.85. The third-order valence-corrected chi connectivity index (χ3v) is 4.48. The largest absolute Gasteiger partial charge is 0.336 e. The van der Waals surface area contributed by atoms with Gasteiger partial charge in [0.15, 0.2) is 0 Å². The van der Waals surface area contributed by atoms with Crippen LogP contribution >= 0.6 is 0 Å². The molecule has 1 heterocycles. The fourth-order valence-corrected chi connectivity index (χ4v) is 2.93. The molecule has 2 amide bonds. The lowest BCUT2D eigenvalue weighted by Gasteiger charge is -2.32. The average Bonchev–Trinajstić information content (AvgIpc) is 2.68. The summed E-state index contributed by atoms with van der Waals surface area (Å²) in [7, 11) is 2.04. The molecule has 0 unspecified atom stereocenters. The van der Waals surface area contributed by atoms with Gasteiger partial charge in [0.05, 0.1) is 11.1 Å². The number of piperazine rings is 1. The normalized spacial score (nSPS) is 14.5. The fourth-order valence-electron chi connectivity index (χ4n) is 2.93. The molecule has 3 rings (SSSR count). The van der Waals surface area contributed by atoms with Gasteiger partial charge in [0.2, 0.25) is 0 Å². The van der Waals surface area contributed by atoms with E-state index in [-0.39, 0.29) is 11.8 Å². The van der Waals surface area contributed by atoms with Gasteiger partial charge >= 0.3 is 0 Å². The minimum absolute atomic E-state index is 0.110. The van der Waals surface area contributed by atoms with Gasteiger partial charge in [0.1, 0.15) is 0 Å². The van der Waals surface area contributed by atoms with E-state index in [9.17, 15) is 9.59 Å². The number of anilines is 1. The van der Waals surface area contributed by atoms with Gasteiger partial charge in [-0.25, -0.2) is 0 Å². The molecule has 26 heavy (non-hydrogen) atoms. The number of nitrogens with one attached hydrogen (secondary N) is 1. The predicted molar refractivity (Wildman–Crippen MR) is 102 cm³/mol. The van der Waals surface area contributed by atoms with Crippen molar-refractivity contribution in [3.63, 3.8) is 0 Å². The topological polar surface area (TPSA) is 52.7 Å². The SMILES string of the molecule is C#Cc1cccc(NC(=O)c2ccccc2C(=O)N2CCN(C)CC2)c1. The summed E-state index contributed by atoms with van der Waals surface area (Å²) in [6.07, 6.45) is 5.40.